The van der Waals surface area contributed by atoms with Gasteiger partial charge in [-0.1, -0.05) is 30.3 Å². The van der Waals surface area contributed by atoms with Gasteiger partial charge in [0.1, 0.15) is 5.82 Å². The lowest BCUT2D eigenvalue weighted by atomic mass is 10.1. The number of aromatic amines is 1. The highest BCUT2D eigenvalue weighted by Gasteiger charge is 2.28. The van der Waals surface area contributed by atoms with E-state index >= 15 is 0 Å². The standard InChI is InChI=1S/C21H24N6O2/c1-15-13-26(21(29)12-9-17-8-11-20(28)25-22-17)14-19-24-23-18(27(15)19)10-7-16-5-3-2-4-6-16/h2-6,8,11,15H,7,9-10,12-14H2,1H3,(H,25,28)/t15-/m0/s1. The van der Waals surface area contributed by atoms with Gasteiger partial charge in [-0.15, -0.1) is 10.2 Å². The fraction of sp³-hybridized carbons (Fsp3) is 0.381. The maximum absolute atomic E-state index is 12.7. The quantitative estimate of drug-likeness (QED) is 0.688. The maximum atomic E-state index is 12.7. The van der Waals surface area contributed by atoms with E-state index in [1.54, 1.807) is 6.07 Å². The molecule has 150 valence electrons. The second-order valence-corrected chi connectivity index (χ2v) is 7.42. The number of carbonyl (C=O) groups is 1. The Balaban J connectivity index is 1.38. The van der Waals surface area contributed by atoms with Crippen LogP contribution in [0.15, 0.2) is 47.3 Å². The van der Waals surface area contributed by atoms with Crippen LogP contribution < -0.4 is 5.56 Å². The smallest absolute Gasteiger partial charge is 0.264 e. The number of fused-ring (bicyclic) bond motifs is 1. The van der Waals surface area contributed by atoms with Gasteiger partial charge in [-0.2, -0.15) is 5.10 Å². The van der Waals surface area contributed by atoms with E-state index in [4.69, 9.17) is 0 Å². The molecule has 8 nitrogen and oxygen atoms in total. The molecule has 1 aliphatic rings. The molecule has 0 radical (unpaired) electrons. The molecule has 1 amide bonds. The molecule has 8 heteroatoms. The molecular weight excluding hydrogens is 368 g/mol. The largest absolute Gasteiger partial charge is 0.333 e. The normalized spacial score (nSPS) is 15.9. The maximum Gasteiger partial charge on any atom is 0.264 e. The van der Waals surface area contributed by atoms with Crippen molar-refractivity contribution in [2.75, 3.05) is 6.54 Å². The van der Waals surface area contributed by atoms with Gasteiger partial charge >= 0.3 is 0 Å². The number of aryl methyl sites for hydroxylation is 3. The molecule has 0 bridgehead atoms. The predicted octanol–water partition coefficient (Wildman–Crippen LogP) is 1.68. The van der Waals surface area contributed by atoms with Crippen molar-refractivity contribution in [2.24, 2.45) is 0 Å². The van der Waals surface area contributed by atoms with E-state index in [-0.39, 0.29) is 17.5 Å². The van der Waals surface area contributed by atoms with Crippen molar-refractivity contribution in [3.8, 4) is 0 Å². The molecule has 4 rings (SSSR count). The van der Waals surface area contributed by atoms with Crippen molar-refractivity contribution in [3.63, 3.8) is 0 Å². The van der Waals surface area contributed by atoms with E-state index in [2.05, 4.69) is 44.0 Å². The third kappa shape index (κ3) is 4.42. The van der Waals surface area contributed by atoms with Crippen molar-refractivity contribution in [3.05, 3.63) is 75.7 Å². The lowest BCUT2D eigenvalue weighted by molar-refractivity contribution is -0.133. The number of H-pyrrole nitrogens is 1. The van der Waals surface area contributed by atoms with Crippen molar-refractivity contribution in [1.29, 1.82) is 0 Å². The highest BCUT2D eigenvalue weighted by atomic mass is 16.2. The Hall–Kier alpha value is -3.29. The number of hydrogen-bond acceptors (Lipinski definition) is 5. The molecule has 0 spiro atoms. The monoisotopic (exact) mass is 392 g/mol. The van der Waals surface area contributed by atoms with Crippen LogP contribution in [-0.4, -0.2) is 42.3 Å². The summed E-state index contributed by atoms with van der Waals surface area (Å²) in [4.78, 5) is 25.6. The summed E-state index contributed by atoms with van der Waals surface area (Å²) in [5.41, 5.74) is 1.74. The molecule has 0 saturated heterocycles. The fourth-order valence-corrected chi connectivity index (χ4v) is 3.78. The minimum Gasteiger partial charge on any atom is -0.333 e. The first-order valence-corrected chi connectivity index (χ1v) is 9.89. The first-order chi connectivity index (χ1) is 14.1. The fourth-order valence-electron chi connectivity index (χ4n) is 3.78. The summed E-state index contributed by atoms with van der Waals surface area (Å²) in [5.74, 6) is 1.87. The van der Waals surface area contributed by atoms with Crippen LogP contribution >= 0.6 is 0 Å². The van der Waals surface area contributed by atoms with E-state index in [9.17, 15) is 9.59 Å². The number of nitrogens with one attached hydrogen (secondary N) is 1. The van der Waals surface area contributed by atoms with Crippen LogP contribution in [0.25, 0.3) is 0 Å². The highest BCUT2D eigenvalue weighted by Crippen LogP contribution is 2.23. The Kier molecular flexibility index (Phi) is 5.50. The van der Waals surface area contributed by atoms with E-state index < -0.39 is 0 Å². The third-order valence-corrected chi connectivity index (χ3v) is 5.26. The second kappa shape index (κ2) is 8.38. The molecule has 0 aliphatic carbocycles. The van der Waals surface area contributed by atoms with Gasteiger partial charge in [-0.3, -0.25) is 9.59 Å². The summed E-state index contributed by atoms with van der Waals surface area (Å²) in [5, 5.41) is 15.1. The Morgan fingerprint density at radius 1 is 1.10 bits per heavy atom. The van der Waals surface area contributed by atoms with Crippen molar-refractivity contribution in [1.82, 2.24) is 29.9 Å². The van der Waals surface area contributed by atoms with E-state index in [1.165, 1.54) is 11.6 Å². The Morgan fingerprint density at radius 3 is 2.69 bits per heavy atom. The van der Waals surface area contributed by atoms with Gasteiger partial charge in [-0.25, -0.2) is 5.10 Å². The van der Waals surface area contributed by atoms with E-state index in [0.29, 0.717) is 31.6 Å². The van der Waals surface area contributed by atoms with Crippen LogP contribution in [-0.2, 0) is 30.6 Å². The first kappa shape index (κ1) is 19.0. The SMILES string of the molecule is C[C@H]1CN(C(=O)CCc2ccc(=O)[nH]n2)Cc2nnc(CCc3ccccc3)n21. The van der Waals surface area contributed by atoms with Gasteiger partial charge in [-0.05, 0) is 25.0 Å². The van der Waals surface area contributed by atoms with E-state index in [1.807, 2.05) is 23.1 Å². The summed E-state index contributed by atoms with van der Waals surface area (Å²) in [6, 6.07) is 13.6. The van der Waals surface area contributed by atoms with Crippen LogP contribution in [0.1, 0.15) is 42.3 Å². The highest BCUT2D eigenvalue weighted by molar-refractivity contribution is 5.76. The van der Waals surface area contributed by atoms with Crippen LogP contribution in [0.3, 0.4) is 0 Å². The molecule has 1 aromatic carbocycles. The first-order valence-electron chi connectivity index (χ1n) is 9.89. The average Bonchev–Trinajstić information content (AvgIpc) is 3.16. The van der Waals surface area contributed by atoms with Crippen LogP contribution in [0, 0.1) is 0 Å². The number of hydrogen-bond donors (Lipinski definition) is 1. The number of benzene rings is 1. The number of rotatable bonds is 6. The Bertz CT molecular complexity index is 1020. The predicted molar refractivity (Wildman–Crippen MR) is 107 cm³/mol. The molecule has 3 aromatic rings. The lowest BCUT2D eigenvalue weighted by Crippen LogP contribution is -2.41. The zero-order valence-corrected chi connectivity index (χ0v) is 16.4. The van der Waals surface area contributed by atoms with Crippen molar-refractivity contribution < 1.29 is 4.79 Å². The molecule has 3 heterocycles. The van der Waals surface area contributed by atoms with Crippen LogP contribution in [0.2, 0.25) is 0 Å². The Labute approximate surface area is 168 Å². The Morgan fingerprint density at radius 2 is 1.93 bits per heavy atom. The van der Waals surface area contributed by atoms with Crippen molar-refractivity contribution in [2.45, 2.75) is 45.2 Å². The molecule has 1 atom stereocenters. The zero-order valence-electron chi connectivity index (χ0n) is 16.4. The molecule has 0 unspecified atom stereocenters. The number of aromatic nitrogens is 5. The van der Waals surface area contributed by atoms with Crippen molar-refractivity contribution >= 4 is 5.91 Å². The molecule has 0 saturated carbocycles. The van der Waals surface area contributed by atoms with E-state index in [0.717, 1.165) is 24.5 Å². The average molecular weight is 392 g/mol. The molecule has 1 N–H and O–H groups in total. The number of nitrogens with zero attached hydrogens (tertiary/aromatic N) is 5. The molecule has 0 fully saturated rings. The van der Waals surface area contributed by atoms with Gasteiger partial charge in [0, 0.05) is 31.9 Å². The minimum absolute atomic E-state index is 0.0601. The van der Waals surface area contributed by atoms with Gasteiger partial charge in [0.15, 0.2) is 5.82 Å². The molecule has 2 aromatic heterocycles. The second-order valence-electron chi connectivity index (χ2n) is 7.42. The zero-order chi connectivity index (χ0) is 20.2. The summed E-state index contributed by atoms with van der Waals surface area (Å²) in [7, 11) is 0. The summed E-state index contributed by atoms with van der Waals surface area (Å²) < 4.78 is 2.18. The number of amides is 1. The van der Waals surface area contributed by atoms with Crippen LogP contribution in [0.5, 0.6) is 0 Å². The number of carbonyl (C=O) groups excluding carboxylic acids is 1. The minimum atomic E-state index is -0.243. The van der Waals surface area contributed by atoms with Gasteiger partial charge in [0.25, 0.3) is 5.56 Å². The van der Waals surface area contributed by atoms with Gasteiger partial charge < -0.3 is 9.47 Å². The molecular formula is C21H24N6O2. The summed E-state index contributed by atoms with van der Waals surface area (Å²) >= 11 is 0. The molecule has 29 heavy (non-hydrogen) atoms. The summed E-state index contributed by atoms with van der Waals surface area (Å²) in [6.07, 6.45) is 2.59. The lowest BCUT2D eigenvalue weighted by Gasteiger charge is -2.32. The molecule has 1 aliphatic heterocycles. The third-order valence-electron chi connectivity index (χ3n) is 5.26. The summed E-state index contributed by atoms with van der Waals surface area (Å²) in [6.45, 7) is 3.21. The van der Waals surface area contributed by atoms with Gasteiger partial charge in [0.2, 0.25) is 5.91 Å². The van der Waals surface area contributed by atoms with Crippen LogP contribution in [0.4, 0.5) is 0 Å². The topological polar surface area (TPSA) is 96.8 Å². The van der Waals surface area contributed by atoms with Gasteiger partial charge in [0.05, 0.1) is 18.3 Å².